The van der Waals surface area contributed by atoms with Crippen molar-refractivity contribution in [2.75, 3.05) is 24.2 Å². The number of hydrogen-bond donors (Lipinski definition) is 3. The standard InChI is InChI=1S/C14H15N3O3/c15-11-4-5-14(16-6-7-18)13(9-11)10-2-1-3-12(8-10)17(19)20/h1-5,8-9,16,18H,6-7,15H2. The van der Waals surface area contributed by atoms with Crippen molar-refractivity contribution in [2.45, 2.75) is 0 Å². The number of benzene rings is 2. The van der Waals surface area contributed by atoms with E-state index in [2.05, 4.69) is 5.32 Å². The van der Waals surface area contributed by atoms with Crippen LogP contribution in [0, 0.1) is 10.1 Å². The Morgan fingerprint density at radius 3 is 2.75 bits per heavy atom. The van der Waals surface area contributed by atoms with Gasteiger partial charge in [0.25, 0.3) is 5.69 Å². The molecule has 0 saturated heterocycles. The van der Waals surface area contributed by atoms with Gasteiger partial charge in [0.15, 0.2) is 0 Å². The second-order valence-corrected chi connectivity index (χ2v) is 4.26. The van der Waals surface area contributed by atoms with Crippen LogP contribution in [0.25, 0.3) is 11.1 Å². The highest BCUT2D eigenvalue weighted by Gasteiger charge is 2.10. The predicted molar refractivity (Wildman–Crippen MR) is 78.5 cm³/mol. The minimum absolute atomic E-state index is 0.00124. The van der Waals surface area contributed by atoms with Gasteiger partial charge in [0.2, 0.25) is 0 Å². The molecule has 2 aromatic carbocycles. The number of nitrogens with zero attached hydrogens (tertiary/aromatic N) is 1. The summed E-state index contributed by atoms with van der Waals surface area (Å²) in [7, 11) is 0. The first-order valence-corrected chi connectivity index (χ1v) is 6.11. The first-order chi connectivity index (χ1) is 9.61. The molecule has 0 amide bonds. The van der Waals surface area contributed by atoms with E-state index >= 15 is 0 Å². The van der Waals surface area contributed by atoms with Gasteiger partial charge in [-0.25, -0.2) is 0 Å². The molecule has 0 atom stereocenters. The third kappa shape index (κ3) is 3.04. The van der Waals surface area contributed by atoms with Crippen molar-refractivity contribution < 1.29 is 10.0 Å². The number of aliphatic hydroxyl groups is 1. The van der Waals surface area contributed by atoms with Gasteiger partial charge in [0.1, 0.15) is 0 Å². The average Bonchev–Trinajstić information content (AvgIpc) is 2.46. The lowest BCUT2D eigenvalue weighted by molar-refractivity contribution is -0.384. The Labute approximate surface area is 116 Å². The minimum Gasteiger partial charge on any atom is -0.399 e. The third-order valence-electron chi connectivity index (χ3n) is 2.84. The van der Waals surface area contributed by atoms with Gasteiger partial charge in [-0.05, 0) is 23.8 Å². The number of non-ortho nitro benzene ring substituents is 1. The normalized spacial score (nSPS) is 10.2. The molecule has 0 unspecified atom stereocenters. The van der Waals surface area contributed by atoms with Gasteiger partial charge in [-0.1, -0.05) is 12.1 Å². The lowest BCUT2D eigenvalue weighted by atomic mass is 10.0. The van der Waals surface area contributed by atoms with E-state index in [1.165, 1.54) is 12.1 Å². The molecule has 6 heteroatoms. The van der Waals surface area contributed by atoms with Crippen LogP contribution in [-0.2, 0) is 0 Å². The van der Waals surface area contributed by atoms with Crippen LogP contribution in [0.15, 0.2) is 42.5 Å². The van der Waals surface area contributed by atoms with Crippen LogP contribution in [0.3, 0.4) is 0 Å². The molecule has 6 nitrogen and oxygen atoms in total. The zero-order chi connectivity index (χ0) is 14.5. The van der Waals surface area contributed by atoms with Gasteiger partial charge in [-0.2, -0.15) is 0 Å². The Morgan fingerprint density at radius 2 is 2.05 bits per heavy atom. The fourth-order valence-corrected chi connectivity index (χ4v) is 1.93. The molecule has 0 fully saturated rings. The van der Waals surface area contributed by atoms with Crippen molar-refractivity contribution in [3.63, 3.8) is 0 Å². The van der Waals surface area contributed by atoms with Crippen molar-refractivity contribution in [3.05, 3.63) is 52.6 Å². The predicted octanol–water partition coefficient (Wildman–Crippen LogP) is 2.25. The minimum atomic E-state index is -0.434. The monoisotopic (exact) mass is 273 g/mol. The SMILES string of the molecule is Nc1ccc(NCCO)c(-c2cccc([N+](=O)[O-])c2)c1. The molecule has 0 aromatic heterocycles. The van der Waals surface area contributed by atoms with E-state index in [1.54, 1.807) is 30.3 Å². The van der Waals surface area contributed by atoms with Gasteiger partial charge in [-0.15, -0.1) is 0 Å². The molecule has 0 aliphatic heterocycles. The summed E-state index contributed by atoms with van der Waals surface area (Å²) in [5, 5.41) is 22.8. The van der Waals surface area contributed by atoms with E-state index in [0.717, 1.165) is 11.3 Å². The number of nitro benzene ring substituents is 1. The number of hydrogen-bond acceptors (Lipinski definition) is 5. The summed E-state index contributed by atoms with van der Waals surface area (Å²) < 4.78 is 0. The van der Waals surface area contributed by atoms with E-state index in [0.29, 0.717) is 17.8 Å². The molecule has 104 valence electrons. The maximum atomic E-state index is 10.8. The van der Waals surface area contributed by atoms with Crippen LogP contribution in [0.1, 0.15) is 0 Å². The van der Waals surface area contributed by atoms with Crippen molar-refractivity contribution in [3.8, 4) is 11.1 Å². The van der Waals surface area contributed by atoms with Gasteiger partial charge in [-0.3, -0.25) is 10.1 Å². The number of nitrogen functional groups attached to an aromatic ring is 1. The first kappa shape index (κ1) is 13.8. The summed E-state index contributed by atoms with van der Waals surface area (Å²) in [6.45, 7) is 0.393. The molecule has 4 N–H and O–H groups in total. The lowest BCUT2D eigenvalue weighted by Gasteiger charge is -2.12. The Morgan fingerprint density at radius 1 is 1.25 bits per heavy atom. The number of aliphatic hydroxyl groups excluding tert-OH is 1. The third-order valence-corrected chi connectivity index (χ3v) is 2.84. The molecule has 0 spiro atoms. The summed E-state index contributed by atoms with van der Waals surface area (Å²) in [5.41, 5.74) is 8.62. The van der Waals surface area contributed by atoms with Gasteiger partial charge in [0, 0.05) is 35.6 Å². The topological polar surface area (TPSA) is 101 Å². The fourth-order valence-electron chi connectivity index (χ4n) is 1.93. The molecular weight excluding hydrogens is 258 g/mol. The van der Waals surface area contributed by atoms with Crippen molar-refractivity contribution >= 4 is 17.1 Å². The quantitative estimate of drug-likeness (QED) is 0.440. The summed E-state index contributed by atoms with van der Waals surface area (Å²) in [4.78, 5) is 10.4. The second kappa shape index (κ2) is 6.03. The molecule has 0 radical (unpaired) electrons. The Hall–Kier alpha value is -2.60. The smallest absolute Gasteiger partial charge is 0.270 e. The number of rotatable bonds is 5. The molecule has 0 saturated carbocycles. The number of nitrogens with two attached hydrogens (primary N) is 1. The zero-order valence-electron chi connectivity index (χ0n) is 10.7. The van der Waals surface area contributed by atoms with Gasteiger partial charge in [0.05, 0.1) is 11.5 Å². The Bertz CT molecular complexity index is 629. The highest BCUT2D eigenvalue weighted by molar-refractivity contribution is 5.81. The molecule has 2 aromatic rings. The molecule has 0 bridgehead atoms. The Kier molecular flexibility index (Phi) is 4.17. The van der Waals surface area contributed by atoms with E-state index < -0.39 is 4.92 Å². The summed E-state index contributed by atoms with van der Waals surface area (Å²) in [5.74, 6) is 0. The molecule has 2 rings (SSSR count). The second-order valence-electron chi connectivity index (χ2n) is 4.26. The molecular formula is C14H15N3O3. The first-order valence-electron chi connectivity index (χ1n) is 6.11. The number of nitro groups is 1. The summed E-state index contributed by atoms with van der Waals surface area (Å²) >= 11 is 0. The largest absolute Gasteiger partial charge is 0.399 e. The average molecular weight is 273 g/mol. The maximum absolute atomic E-state index is 10.8. The zero-order valence-corrected chi connectivity index (χ0v) is 10.7. The van der Waals surface area contributed by atoms with Crippen molar-refractivity contribution in [2.24, 2.45) is 0 Å². The molecule has 20 heavy (non-hydrogen) atoms. The number of anilines is 2. The van der Waals surface area contributed by atoms with E-state index in [-0.39, 0.29) is 12.3 Å². The maximum Gasteiger partial charge on any atom is 0.270 e. The lowest BCUT2D eigenvalue weighted by Crippen LogP contribution is -2.06. The fraction of sp³-hybridized carbons (Fsp3) is 0.143. The molecule has 0 aliphatic rings. The van der Waals surface area contributed by atoms with Crippen LogP contribution in [-0.4, -0.2) is 23.2 Å². The van der Waals surface area contributed by atoms with Crippen LogP contribution in [0.4, 0.5) is 17.1 Å². The Balaban J connectivity index is 2.47. The summed E-state index contributed by atoms with van der Waals surface area (Å²) in [6, 6.07) is 11.6. The van der Waals surface area contributed by atoms with E-state index in [9.17, 15) is 10.1 Å². The van der Waals surface area contributed by atoms with Gasteiger partial charge < -0.3 is 16.2 Å². The highest BCUT2D eigenvalue weighted by Crippen LogP contribution is 2.31. The highest BCUT2D eigenvalue weighted by atomic mass is 16.6. The van der Waals surface area contributed by atoms with Crippen molar-refractivity contribution in [1.29, 1.82) is 0 Å². The molecule has 0 aliphatic carbocycles. The van der Waals surface area contributed by atoms with E-state index in [1.807, 2.05) is 0 Å². The van der Waals surface area contributed by atoms with Gasteiger partial charge >= 0.3 is 0 Å². The van der Waals surface area contributed by atoms with Crippen LogP contribution in [0.2, 0.25) is 0 Å². The van der Waals surface area contributed by atoms with Crippen LogP contribution < -0.4 is 11.1 Å². The van der Waals surface area contributed by atoms with Crippen LogP contribution >= 0.6 is 0 Å². The molecule has 0 heterocycles. The van der Waals surface area contributed by atoms with Crippen molar-refractivity contribution in [1.82, 2.24) is 0 Å². The van der Waals surface area contributed by atoms with Crippen LogP contribution in [0.5, 0.6) is 0 Å². The summed E-state index contributed by atoms with van der Waals surface area (Å²) in [6.07, 6.45) is 0. The van der Waals surface area contributed by atoms with E-state index in [4.69, 9.17) is 10.8 Å². The number of nitrogens with one attached hydrogen (secondary N) is 1.